The molecule has 1 aromatic heterocycles. The van der Waals surface area contributed by atoms with Crippen molar-refractivity contribution in [3.05, 3.63) is 32.3 Å². The third-order valence-electron chi connectivity index (χ3n) is 3.03. The second kappa shape index (κ2) is 5.12. The van der Waals surface area contributed by atoms with Crippen molar-refractivity contribution in [3.8, 4) is 0 Å². The van der Waals surface area contributed by atoms with Gasteiger partial charge in [-0.3, -0.25) is 14.7 Å². The van der Waals surface area contributed by atoms with Gasteiger partial charge in [0.1, 0.15) is 0 Å². The Morgan fingerprint density at radius 1 is 1.25 bits per heavy atom. The first kappa shape index (κ1) is 11.1. The van der Waals surface area contributed by atoms with Gasteiger partial charge in [0.05, 0.1) is 0 Å². The van der Waals surface area contributed by atoms with E-state index in [1.165, 1.54) is 6.07 Å². The number of hydrogen-bond acceptors (Lipinski definition) is 3. The van der Waals surface area contributed by atoms with Crippen LogP contribution in [0.5, 0.6) is 0 Å². The number of H-pyrrole nitrogens is 2. The van der Waals surface area contributed by atoms with E-state index in [2.05, 4.69) is 10.2 Å². The molecule has 0 aliphatic carbocycles. The summed E-state index contributed by atoms with van der Waals surface area (Å²) in [5, 5.41) is 5.09. The van der Waals surface area contributed by atoms with E-state index in [1.807, 2.05) is 0 Å². The van der Waals surface area contributed by atoms with Crippen LogP contribution in [0.4, 0.5) is 0 Å². The maximum absolute atomic E-state index is 11.1. The van der Waals surface area contributed by atoms with Crippen LogP contribution in [0.15, 0.2) is 15.7 Å². The molecule has 16 heavy (non-hydrogen) atoms. The second-order valence-electron chi connectivity index (χ2n) is 4.21. The molecule has 0 spiro atoms. The van der Waals surface area contributed by atoms with E-state index in [0.29, 0.717) is 5.92 Å². The quantitative estimate of drug-likeness (QED) is 0.731. The molecule has 0 atom stereocenters. The van der Waals surface area contributed by atoms with Crippen molar-refractivity contribution in [1.29, 1.82) is 0 Å². The minimum Gasteiger partial charge on any atom is -0.381 e. The van der Waals surface area contributed by atoms with Crippen molar-refractivity contribution < 1.29 is 4.74 Å². The Bertz CT molecular complexity index is 443. The smallest absolute Gasteiger partial charge is 0.310 e. The summed E-state index contributed by atoms with van der Waals surface area (Å²) in [6.45, 7) is 1.68. The van der Waals surface area contributed by atoms with Crippen LogP contribution < -0.4 is 11.0 Å². The molecule has 0 amide bonds. The van der Waals surface area contributed by atoms with E-state index in [-0.39, 0.29) is 0 Å². The third kappa shape index (κ3) is 2.82. The minimum atomic E-state index is -0.588. The zero-order valence-electron chi connectivity index (χ0n) is 9.12. The van der Waals surface area contributed by atoms with Crippen LogP contribution in [0.3, 0.4) is 0 Å². The topological polar surface area (TPSA) is 75.0 Å². The van der Waals surface area contributed by atoms with Crippen molar-refractivity contribution in [2.45, 2.75) is 25.7 Å². The molecule has 0 radical (unpaired) electrons. The lowest BCUT2D eigenvalue weighted by Gasteiger charge is -2.21. The highest BCUT2D eigenvalue weighted by molar-refractivity contribution is 5.00. The Morgan fingerprint density at radius 2 is 2.00 bits per heavy atom. The predicted octanol–water partition coefficient (Wildman–Crippen LogP) is 0.422. The average molecular weight is 224 g/mol. The summed E-state index contributed by atoms with van der Waals surface area (Å²) >= 11 is 0. The van der Waals surface area contributed by atoms with Crippen LogP contribution in [0.25, 0.3) is 0 Å². The van der Waals surface area contributed by atoms with Crippen molar-refractivity contribution in [1.82, 2.24) is 10.2 Å². The molecule has 1 aliphatic heterocycles. The van der Waals surface area contributed by atoms with Crippen LogP contribution in [0.1, 0.15) is 25.0 Å². The molecule has 5 heteroatoms. The highest BCUT2D eigenvalue weighted by Gasteiger charge is 2.13. The van der Waals surface area contributed by atoms with Gasteiger partial charge in [-0.1, -0.05) is 0 Å². The molecule has 2 rings (SSSR count). The molecule has 2 heterocycles. The van der Waals surface area contributed by atoms with E-state index < -0.39 is 11.0 Å². The highest BCUT2D eigenvalue weighted by Crippen LogP contribution is 2.19. The van der Waals surface area contributed by atoms with Crippen molar-refractivity contribution in [3.63, 3.8) is 0 Å². The van der Waals surface area contributed by atoms with Gasteiger partial charge in [-0.2, -0.15) is 0 Å². The predicted molar refractivity (Wildman–Crippen MR) is 59.5 cm³/mol. The lowest BCUT2D eigenvalue weighted by atomic mass is 9.94. The van der Waals surface area contributed by atoms with Gasteiger partial charge in [-0.05, 0) is 31.6 Å². The van der Waals surface area contributed by atoms with Gasteiger partial charge in [0.25, 0.3) is 0 Å². The molecule has 5 nitrogen and oxygen atoms in total. The molecule has 1 fully saturated rings. The number of ether oxygens (including phenoxy) is 1. The molecule has 0 aromatic carbocycles. The van der Waals surface area contributed by atoms with E-state index >= 15 is 0 Å². The number of aromatic amines is 2. The summed E-state index contributed by atoms with van der Waals surface area (Å²) in [6.07, 6.45) is 4.02. The third-order valence-corrected chi connectivity index (χ3v) is 3.03. The minimum absolute atomic E-state index is 0.472. The Hall–Kier alpha value is -1.36. The summed E-state index contributed by atoms with van der Waals surface area (Å²) < 4.78 is 5.28. The summed E-state index contributed by atoms with van der Waals surface area (Å²) in [5.74, 6) is 0.671. The van der Waals surface area contributed by atoms with E-state index in [4.69, 9.17) is 4.74 Å². The van der Waals surface area contributed by atoms with Gasteiger partial charge in [0, 0.05) is 25.0 Å². The Kier molecular flexibility index (Phi) is 3.56. The Balaban J connectivity index is 1.91. The van der Waals surface area contributed by atoms with Gasteiger partial charge in [0.2, 0.25) is 5.43 Å². The first-order chi connectivity index (χ1) is 7.75. The normalized spacial score (nSPS) is 17.5. The number of nitrogens with one attached hydrogen (secondary N) is 2. The van der Waals surface area contributed by atoms with Gasteiger partial charge < -0.3 is 9.84 Å². The number of aryl methyl sites for hydroxylation is 1. The van der Waals surface area contributed by atoms with E-state index in [0.717, 1.165) is 44.6 Å². The monoisotopic (exact) mass is 224 g/mol. The number of aromatic nitrogens is 2. The first-order valence-electron chi connectivity index (χ1n) is 5.64. The van der Waals surface area contributed by atoms with E-state index in [1.54, 1.807) is 0 Å². The first-order valence-corrected chi connectivity index (χ1v) is 5.64. The molecule has 88 valence electrons. The van der Waals surface area contributed by atoms with Crippen LogP contribution in [0.2, 0.25) is 0 Å². The zero-order valence-corrected chi connectivity index (χ0v) is 9.12. The van der Waals surface area contributed by atoms with Gasteiger partial charge >= 0.3 is 5.56 Å². The number of hydrogen-bond donors (Lipinski definition) is 2. The fourth-order valence-electron chi connectivity index (χ4n) is 1.99. The lowest BCUT2D eigenvalue weighted by Crippen LogP contribution is -2.28. The second-order valence-corrected chi connectivity index (χ2v) is 4.21. The summed E-state index contributed by atoms with van der Waals surface area (Å²) in [7, 11) is 0. The summed E-state index contributed by atoms with van der Waals surface area (Å²) in [4.78, 5) is 22.0. The molecule has 2 N–H and O–H groups in total. The fraction of sp³-hybridized carbons (Fsp3) is 0.636. The molecule has 0 bridgehead atoms. The number of rotatable bonds is 3. The highest BCUT2D eigenvalue weighted by atomic mass is 16.5. The molecular formula is C11H16N2O3. The molecular weight excluding hydrogens is 208 g/mol. The summed E-state index contributed by atoms with van der Waals surface area (Å²) in [5.41, 5.74) is -0.258. The zero-order chi connectivity index (χ0) is 11.4. The largest absolute Gasteiger partial charge is 0.381 e. The standard InChI is InChI=1S/C11H16N2O3/c14-10-7-9(12-13-11(10)15)2-1-8-3-5-16-6-4-8/h7-8H,1-6H2,(H,12,14)(H,13,15). The molecule has 1 aliphatic rings. The van der Waals surface area contributed by atoms with Crippen molar-refractivity contribution in [2.24, 2.45) is 5.92 Å². The van der Waals surface area contributed by atoms with Crippen molar-refractivity contribution >= 4 is 0 Å². The van der Waals surface area contributed by atoms with Gasteiger partial charge in [0.15, 0.2) is 0 Å². The van der Waals surface area contributed by atoms with Crippen LogP contribution in [0, 0.1) is 5.92 Å². The Morgan fingerprint density at radius 3 is 2.69 bits per heavy atom. The van der Waals surface area contributed by atoms with Crippen molar-refractivity contribution in [2.75, 3.05) is 13.2 Å². The molecule has 1 aromatic rings. The lowest BCUT2D eigenvalue weighted by molar-refractivity contribution is 0.0639. The molecule has 1 saturated heterocycles. The van der Waals surface area contributed by atoms with Gasteiger partial charge in [-0.15, -0.1) is 0 Å². The van der Waals surface area contributed by atoms with Crippen LogP contribution >= 0.6 is 0 Å². The fourth-order valence-corrected chi connectivity index (χ4v) is 1.99. The molecule has 0 unspecified atom stereocenters. The average Bonchev–Trinajstić information content (AvgIpc) is 2.32. The van der Waals surface area contributed by atoms with E-state index in [9.17, 15) is 9.59 Å². The SMILES string of the molecule is O=c1cc(CCC2CCOCC2)[nH][nH]c1=O. The van der Waals surface area contributed by atoms with Crippen LogP contribution in [-0.2, 0) is 11.2 Å². The maximum atomic E-state index is 11.1. The van der Waals surface area contributed by atoms with Gasteiger partial charge in [-0.25, -0.2) is 0 Å². The Labute approximate surface area is 92.8 Å². The molecule has 0 saturated carbocycles. The summed E-state index contributed by atoms with van der Waals surface area (Å²) in [6, 6.07) is 1.39. The van der Waals surface area contributed by atoms with Crippen LogP contribution in [-0.4, -0.2) is 23.4 Å². The maximum Gasteiger partial charge on any atom is 0.310 e.